The number of anilines is 1. The van der Waals surface area contributed by atoms with Crippen LogP contribution in [0.15, 0.2) is 48.5 Å². The molecule has 0 aromatic heterocycles. The van der Waals surface area contributed by atoms with Crippen molar-refractivity contribution in [2.24, 2.45) is 5.73 Å². The molecule has 108 valence electrons. The van der Waals surface area contributed by atoms with E-state index in [9.17, 15) is 9.59 Å². The largest absolute Gasteiger partial charge is 0.481 e. The van der Waals surface area contributed by atoms with E-state index in [1.165, 1.54) is 0 Å². The second-order valence-corrected chi connectivity index (χ2v) is 4.63. The molecule has 0 radical (unpaired) electrons. The lowest BCUT2D eigenvalue weighted by Crippen LogP contribution is -2.12. The van der Waals surface area contributed by atoms with Crippen LogP contribution in [0.4, 0.5) is 5.69 Å². The van der Waals surface area contributed by atoms with E-state index in [2.05, 4.69) is 5.32 Å². The van der Waals surface area contributed by atoms with Crippen LogP contribution in [0.5, 0.6) is 0 Å². The molecule has 0 unspecified atom stereocenters. The van der Waals surface area contributed by atoms with Gasteiger partial charge in [-0.05, 0) is 35.4 Å². The Labute approximate surface area is 122 Å². The minimum absolute atomic E-state index is 0.0745. The normalized spacial score (nSPS) is 10.1. The summed E-state index contributed by atoms with van der Waals surface area (Å²) >= 11 is 0. The van der Waals surface area contributed by atoms with Crippen molar-refractivity contribution in [1.29, 1.82) is 0 Å². The Hall–Kier alpha value is -2.66. The Morgan fingerprint density at radius 3 is 2.38 bits per heavy atom. The van der Waals surface area contributed by atoms with Gasteiger partial charge in [-0.3, -0.25) is 9.59 Å². The summed E-state index contributed by atoms with van der Waals surface area (Å²) in [6.07, 6.45) is -0.0745. The van der Waals surface area contributed by atoms with Crippen LogP contribution in [0.2, 0.25) is 0 Å². The molecule has 2 rings (SSSR count). The summed E-state index contributed by atoms with van der Waals surface area (Å²) in [7, 11) is 0. The number of carbonyl (C=O) groups is 2. The van der Waals surface area contributed by atoms with Gasteiger partial charge in [0.2, 0.25) is 0 Å². The molecule has 1 amide bonds. The van der Waals surface area contributed by atoms with Crippen LogP contribution in [0, 0.1) is 0 Å². The topological polar surface area (TPSA) is 92.4 Å². The van der Waals surface area contributed by atoms with Gasteiger partial charge in [0.15, 0.2) is 0 Å². The third kappa shape index (κ3) is 4.15. The zero-order valence-corrected chi connectivity index (χ0v) is 11.4. The molecule has 0 heterocycles. The van der Waals surface area contributed by atoms with E-state index in [1.54, 1.807) is 48.5 Å². The lowest BCUT2D eigenvalue weighted by Gasteiger charge is -2.07. The Morgan fingerprint density at radius 2 is 1.76 bits per heavy atom. The molecule has 0 aliphatic carbocycles. The molecule has 0 aliphatic rings. The smallest absolute Gasteiger partial charge is 0.307 e. The third-order valence-electron chi connectivity index (χ3n) is 2.99. The molecule has 21 heavy (non-hydrogen) atoms. The Bertz CT molecular complexity index is 651. The van der Waals surface area contributed by atoms with E-state index in [-0.39, 0.29) is 12.3 Å². The minimum atomic E-state index is -0.907. The first kappa shape index (κ1) is 14.7. The molecule has 0 bridgehead atoms. The third-order valence-corrected chi connectivity index (χ3v) is 2.99. The number of nitrogens with one attached hydrogen (secondary N) is 1. The first-order valence-corrected chi connectivity index (χ1v) is 6.49. The Morgan fingerprint density at radius 1 is 1.05 bits per heavy atom. The maximum absolute atomic E-state index is 12.1. The van der Waals surface area contributed by atoms with Gasteiger partial charge in [-0.2, -0.15) is 0 Å². The highest BCUT2D eigenvalue weighted by Gasteiger charge is 2.07. The quantitative estimate of drug-likeness (QED) is 0.783. The zero-order chi connectivity index (χ0) is 15.2. The molecule has 0 aliphatic heterocycles. The monoisotopic (exact) mass is 284 g/mol. The lowest BCUT2D eigenvalue weighted by molar-refractivity contribution is -0.136. The predicted molar refractivity (Wildman–Crippen MR) is 80.1 cm³/mol. The van der Waals surface area contributed by atoms with Crippen LogP contribution in [-0.4, -0.2) is 17.0 Å². The number of amides is 1. The number of benzene rings is 2. The number of hydrogen-bond acceptors (Lipinski definition) is 3. The van der Waals surface area contributed by atoms with Crippen molar-refractivity contribution in [1.82, 2.24) is 0 Å². The number of rotatable bonds is 5. The van der Waals surface area contributed by atoms with Gasteiger partial charge in [0.05, 0.1) is 6.42 Å². The summed E-state index contributed by atoms with van der Waals surface area (Å²) < 4.78 is 0. The number of carboxylic acid groups (broad SMARTS) is 1. The molecule has 4 N–H and O–H groups in total. The fraction of sp³-hybridized carbons (Fsp3) is 0.125. The lowest BCUT2D eigenvalue weighted by atomic mass is 10.1. The molecule has 0 saturated carbocycles. The number of nitrogens with two attached hydrogens (primary N) is 1. The first-order chi connectivity index (χ1) is 10.1. The van der Waals surface area contributed by atoms with Crippen LogP contribution >= 0.6 is 0 Å². The number of aliphatic carboxylic acids is 1. The molecule has 2 aromatic carbocycles. The van der Waals surface area contributed by atoms with Crippen molar-refractivity contribution in [3.63, 3.8) is 0 Å². The molecular weight excluding hydrogens is 268 g/mol. The molecule has 5 heteroatoms. The van der Waals surface area contributed by atoms with Gasteiger partial charge in [0.1, 0.15) is 0 Å². The van der Waals surface area contributed by atoms with E-state index >= 15 is 0 Å². The standard InChI is InChI=1S/C16H16N2O3/c17-10-11-4-6-13(7-5-11)16(21)18-14-3-1-2-12(8-14)9-15(19)20/h1-8H,9-10,17H2,(H,18,21)(H,19,20). The van der Waals surface area contributed by atoms with E-state index in [0.29, 0.717) is 23.4 Å². The van der Waals surface area contributed by atoms with Crippen LogP contribution in [-0.2, 0) is 17.8 Å². The minimum Gasteiger partial charge on any atom is -0.481 e. The van der Waals surface area contributed by atoms with E-state index in [4.69, 9.17) is 10.8 Å². The summed E-state index contributed by atoms with van der Waals surface area (Å²) in [5.74, 6) is -1.15. The summed E-state index contributed by atoms with van der Waals surface area (Å²) in [4.78, 5) is 22.8. The molecular formula is C16H16N2O3. The van der Waals surface area contributed by atoms with Gasteiger partial charge in [-0.15, -0.1) is 0 Å². The number of hydrogen-bond donors (Lipinski definition) is 3. The van der Waals surface area contributed by atoms with Crippen LogP contribution in [0.25, 0.3) is 0 Å². The summed E-state index contributed by atoms with van der Waals surface area (Å²) in [5.41, 5.74) is 8.19. The van der Waals surface area contributed by atoms with Crippen LogP contribution < -0.4 is 11.1 Å². The highest BCUT2D eigenvalue weighted by atomic mass is 16.4. The molecule has 5 nitrogen and oxygen atoms in total. The highest BCUT2D eigenvalue weighted by molar-refractivity contribution is 6.04. The van der Waals surface area contributed by atoms with Gasteiger partial charge in [-0.1, -0.05) is 24.3 Å². The van der Waals surface area contributed by atoms with Gasteiger partial charge >= 0.3 is 5.97 Å². The molecule has 0 atom stereocenters. The SMILES string of the molecule is NCc1ccc(C(=O)Nc2cccc(CC(=O)O)c2)cc1. The van der Waals surface area contributed by atoms with Crippen molar-refractivity contribution in [3.8, 4) is 0 Å². The van der Waals surface area contributed by atoms with Crippen LogP contribution in [0.1, 0.15) is 21.5 Å². The van der Waals surface area contributed by atoms with E-state index < -0.39 is 5.97 Å². The van der Waals surface area contributed by atoms with Gasteiger partial charge in [0, 0.05) is 17.8 Å². The van der Waals surface area contributed by atoms with E-state index in [0.717, 1.165) is 5.56 Å². The van der Waals surface area contributed by atoms with Gasteiger partial charge in [-0.25, -0.2) is 0 Å². The second-order valence-electron chi connectivity index (χ2n) is 4.63. The van der Waals surface area contributed by atoms with E-state index in [1.807, 2.05) is 0 Å². The van der Waals surface area contributed by atoms with Crippen molar-refractivity contribution in [3.05, 3.63) is 65.2 Å². The second kappa shape index (κ2) is 6.67. The fourth-order valence-electron chi connectivity index (χ4n) is 1.93. The maximum Gasteiger partial charge on any atom is 0.307 e. The molecule has 0 fully saturated rings. The summed E-state index contributed by atoms with van der Waals surface area (Å²) in [5, 5.41) is 11.5. The number of carboxylic acids is 1. The predicted octanol–water partition coefficient (Wildman–Crippen LogP) is 2.02. The Balaban J connectivity index is 2.09. The highest BCUT2D eigenvalue weighted by Crippen LogP contribution is 2.13. The summed E-state index contributed by atoms with van der Waals surface area (Å²) in [6.45, 7) is 0.430. The van der Waals surface area contributed by atoms with Gasteiger partial charge in [0.25, 0.3) is 5.91 Å². The van der Waals surface area contributed by atoms with Crippen molar-refractivity contribution < 1.29 is 14.7 Å². The molecule has 0 spiro atoms. The van der Waals surface area contributed by atoms with Crippen molar-refractivity contribution >= 4 is 17.6 Å². The van der Waals surface area contributed by atoms with Crippen LogP contribution in [0.3, 0.4) is 0 Å². The average molecular weight is 284 g/mol. The summed E-state index contributed by atoms with van der Waals surface area (Å²) in [6, 6.07) is 13.8. The molecule has 2 aromatic rings. The Kier molecular flexibility index (Phi) is 4.68. The average Bonchev–Trinajstić information content (AvgIpc) is 2.47. The fourth-order valence-corrected chi connectivity index (χ4v) is 1.93. The number of carbonyl (C=O) groups excluding carboxylic acids is 1. The van der Waals surface area contributed by atoms with Crippen molar-refractivity contribution in [2.75, 3.05) is 5.32 Å². The first-order valence-electron chi connectivity index (χ1n) is 6.49. The zero-order valence-electron chi connectivity index (χ0n) is 11.4. The van der Waals surface area contributed by atoms with Crippen molar-refractivity contribution in [2.45, 2.75) is 13.0 Å². The maximum atomic E-state index is 12.1. The van der Waals surface area contributed by atoms with Gasteiger partial charge < -0.3 is 16.2 Å². The molecule has 0 saturated heterocycles.